The number of fused-ring (bicyclic) bond motifs is 2. The van der Waals surface area contributed by atoms with Gasteiger partial charge in [-0.3, -0.25) is 9.97 Å². The maximum absolute atomic E-state index is 12.1. The van der Waals surface area contributed by atoms with Crippen molar-refractivity contribution in [3.05, 3.63) is 73.3 Å². The number of aromatic nitrogens is 4. The predicted molar refractivity (Wildman–Crippen MR) is 122 cm³/mol. The van der Waals surface area contributed by atoms with Gasteiger partial charge < -0.3 is 9.88 Å². The molecule has 0 atom stereocenters. The van der Waals surface area contributed by atoms with Crippen molar-refractivity contribution in [3.63, 3.8) is 0 Å². The molecule has 0 aliphatic heterocycles. The Bertz CT molecular complexity index is 1560. The van der Waals surface area contributed by atoms with Crippen LogP contribution in [0.2, 0.25) is 0 Å². The lowest BCUT2D eigenvalue weighted by Gasteiger charge is -2.13. The van der Waals surface area contributed by atoms with E-state index in [0.29, 0.717) is 16.9 Å². The number of anilines is 2. The van der Waals surface area contributed by atoms with Gasteiger partial charge in [0.25, 0.3) is 0 Å². The van der Waals surface area contributed by atoms with Gasteiger partial charge in [0.2, 0.25) is 0 Å². The second kappa shape index (κ2) is 7.17. The zero-order chi connectivity index (χ0) is 21.6. The van der Waals surface area contributed by atoms with Crippen LogP contribution in [0.25, 0.3) is 33.1 Å². The molecule has 0 aliphatic rings. The van der Waals surface area contributed by atoms with Gasteiger partial charge in [0.1, 0.15) is 0 Å². The first-order chi connectivity index (χ1) is 14.9. The molecule has 1 N–H and O–H groups in total. The molecule has 0 unspecified atom stereocenters. The Morgan fingerprint density at radius 1 is 0.935 bits per heavy atom. The minimum Gasteiger partial charge on any atom is -0.353 e. The van der Waals surface area contributed by atoms with Crippen molar-refractivity contribution >= 4 is 43.1 Å². The lowest BCUT2D eigenvalue weighted by atomic mass is 10.0. The van der Waals surface area contributed by atoms with Gasteiger partial charge in [-0.25, -0.2) is 13.4 Å². The standard InChI is InChI=1S/C23H19N5O2S/c1-28-11-7-15-5-6-16(12-21(15)28)18-13-17(14-20-22(18)25-10-9-24-20)27-19-4-3-8-26-23(19)31(2,29)30/h3-14,27H,1-2H3. The summed E-state index contributed by atoms with van der Waals surface area (Å²) in [4.78, 5) is 13.1. The first-order valence-electron chi connectivity index (χ1n) is 9.62. The molecule has 31 heavy (non-hydrogen) atoms. The van der Waals surface area contributed by atoms with E-state index in [2.05, 4.69) is 49.1 Å². The number of hydrogen-bond acceptors (Lipinski definition) is 6. The molecule has 0 bridgehead atoms. The van der Waals surface area contributed by atoms with Crippen molar-refractivity contribution in [2.75, 3.05) is 11.6 Å². The van der Waals surface area contributed by atoms with Gasteiger partial charge in [0.05, 0.1) is 16.7 Å². The minimum atomic E-state index is -3.49. The molecule has 0 radical (unpaired) electrons. The van der Waals surface area contributed by atoms with E-state index in [1.165, 1.54) is 6.20 Å². The average Bonchev–Trinajstić information content (AvgIpc) is 3.13. The Hall–Kier alpha value is -3.78. The van der Waals surface area contributed by atoms with Gasteiger partial charge in [-0.05, 0) is 47.3 Å². The zero-order valence-electron chi connectivity index (χ0n) is 16.9. The summed E-state index contributed by atoms with van der Waals surface area (Å²) >= 11 is 0. The quantitative estimate of drug-likeness (QED) is 0.457. The summed E-state index contributed by atoms with van der Waals surface area (Å²) in [7, 11) is -1.47. The molecule has 2 aromatic carbocycles. The molecule has 0 fully saturated rings. The molecule has 3 heterocycles. The highest BCUT2D eigenvalue weighted by molar-refractivity contribution is 7.90. The fourth-order valence-corrected chi connectivity index (χ4v) is 4.50. The monoisotopic (exact) mass is 429 g/mol. The number of nitrogens with one attached hydrogen (secondary N) is 1. The highest BCUT2D eigenvalue weighted by atomic mass is 32.2. The van der Waals surface area contributed by atoms with Crippen molar-refractivity contribution in [2.24, 2.45) is 7.05 Å². The van der Waals surface area contributed by atoms with Crippen LogP contribution in [0.4, 0.5) is 11.4 Å². The number of hydrogen-bond donors (Lipinski definition) is 1. The fraction of sp³-hybridized carbons (Fsp3) is 0.0870. The topological polar surface area (TPSA) is 89.8 Å². The fourth-order valence-electron chi connectivity index (χ4n) is 3.73. The second-order valence-corrected chi connectivity index (χ2v) is 9.33. The summed E-state index contributed by atoms with van der Waals surface area (Å²) in [6.07, 6.45) is 7.95. The van der Waals surface area contributed by atoms with Crippen LogP contribution in [0.5, 0.6) is 0 Å². The highest BCUT2D eigenvalue weighted by Gasteiger charge is 2.16. The van der Waals surface area contributed by atoms with Crippen LogP contribution in [0.3, 0.4) is 0 Å². The Morgan fingerprint density at radius 3 is 2.61 bits per heavy atom. The highest BCUT2D eigenvalue weighted by Crippen LogP contribution is 2.33. The number of pyridine rings is 1. The summed E-state index contributed by atoms with van der Waals surface area (Å²) in [5.74, 6) is 0. The minimum absolute atomic E-state index is 0.000947. The van der Waals surface area contributed by atoms with Gasteiger partial charge in [-0.2, -0.15) is 0 Å². The van der Waals surface area contributed by atoms with E-state index < -0.39 is 9.84 Å². The molecular weight excluding hydrogens is 410 g/mol. The molecule has 7 nitrogen and oxygen atoms in total. The first-order valence-corrected chi connectivity index (χ1v) is 11.5. The van der Waals surface area contributed by atoms with Gasteiger partial charge in [0.15, 0.2) is 14.9 Å². The Labute approximate surface area is 179 Å². The van der Waals surface area contributed by atoms with Crippen molar-refractivity contribution in [2.45, 2.75) is 5.03 Å². The van der Waals surface area contributed by atoms with E-state index in [4.69, 9.17) is 0 Å². The third-order valence-corrected chi connectivity index (χ3v) is 6.20. The lowest BCUT2D eigenvalue weighted by Crippen LogP contribution is -2.05. The number of nitrogens with zero attached hydrogens (tertiary/aromatic N) is 4. The lowest BCUT2D eigenvalue weighted by molar-refractivity contribution is 0.598. The molecule has 5 rings (SSSR count). The van der Waals surface area contributed by atoms with Crippen LogP contribution >= 0.6 is 0 Å². The van der Waals surface area contributed by atoms with E-state index in [0.717, 1.165) is 33.8 Å². The van der Waals surface area contributed by atoms with Gasteiger partial charge in [-0.1, -0.05) is 12.1 Å². The van der Waals surface area contributed by atoms with Crippen LogP contribution < -0.4 is 5.32 Å². The molecule has 0 spiro atoms. The van der Waals surface area contributed by atoms with E-state index in [9.17, 15) is 8.42 Å². The normalized spacial score (nSPS) is 11.8. The average molecular weight is 430 g/mol. The second-order valence-electron chi connectivity index (χ2n) is 7.40. The largest absolute Gasteiger partial charge is 0.353 e. The Balaban J connectivity index is 1.69. The van der Waals surface area contributed by atoms with Crippen molar-refractivity contribution in [3.8, 4) is 11.1 Å². The molecule has 0 saturated carbocycles. The third-order valence-electron chi connectivity index (χ3n) is 5.17. The number of sulfone groups is 1. The van der Waals surface area contributed by atoms with E-state index >= 15 is 0 Å². The molecule has 8 heteroatoms. The number of benzene rings is 2. The maximum atomic E-state index is 12.1. The Kier molecular flexibility index (Phi) is 4.44. The van der Waals surface area contributed by atoms with Crippen LogP contribution in [-0.2, 0) is 16.9 Å². The summed E-state index contributed by atoms with van der Waals surface area (Å²) in [5.41, 5.74) is 5.61. The SMILES string of the molecule is Cn1ccc2ccc(-c3cc(Nc4cccnc4S(C)(=O)=O)cc4nccnc34)cc21. The van der Waals surface area contributed by atoms with Gasteiger partial charge >= 0.3 is 0 Å². The van der Waals surface area contributed by atoms with E-state index in [-0.39, 0.29) is 5.03 Å². The van der Waals surface area contributed by atoms with E-state index in [1.807, 2.05) is 25.4 Å². The van der Waals surface area contributed by atoms with E-state index in [1.54, 1.807) is 24.5 Å². The summed E-state index contributed by atoms with van der Waals surface area (Å²) in [6.45, 7) is 0. The van der Waals surface area contributed by atoms with Crippen LogP contribution in [0, 0.1) is 0 Å². The predicted octanol–water partition coefficient (Wildman–Crippen LogP) is 4.33. The van der Waals surface area contributed by atoms with Crippen LogP contribution in [-0.4, -0.2) is 34.2 Å². The summed E-state index contributed by atoms with van der Waals surface area (Å²) < 4.78 is 26.4. The molecule has 0 saturated heterocycles. The van der Waals surface area contributed by atoms with Crippen LogP contribution in [0.15, 0.2) is 78.3 Å². The smallest absolute Gasteiger partial charge is 0.194 e. The Morgan fingerprint density at radius 2 is 1.77 bits per heavy atom. The van der Waals surface area contributed by atoms with Gasteiger partial charge in [-0.15, -0.1) is 0 Å². The molecular formula is C23H19N5O2S. The first kappa shape index (κ1) is 19.2. The molecule has 5 aromatic rings. The molecule has 154 valence electrons. The van der Waals surface area contributed by atoms with Gasteiger partial charge in [0, 0.05) is 54.9 Å². The molecule has 0 aliphatic carbocycles. The van der Waals surface area contributed by atoms with Crippen molar-refractivity contribution in [1.29, 1.82) is 0 Å². The van der Waals surface area contributed by atoms with Crippen molar-refractivity contribution in [1.82, 2.24) is 19.5 Å². The third kappa shape index (κ3) is 3.51. The summed E-state index contributed by atoms with van der Waals surface area (Å²) in [6, 6.07) is 15.5. The molecule has 0 amide bonds. The number of aryl methyl sites for hydroxylation is 1. The summed E-state index contributed by atoms with van der Waals surface area (Å²) in [5, 5.41) is 4.37. The zero-order valence-corrected chi connectivity index (χ0v) is 17.8. The number of rotatable bonds is 4. The molecule has 3 aromatic heterocycles. The maximum Gasteiger partial charge on any atom is 0.194 e. The van der Waals surface area contributed by atoms with Crippen LogP contribution in [0.1, 0.15) is 0 Å². The van der Waals surface area contributed by atoms with Crippen molar-refractivity contribution < 1.29 is 8.42 Å².